The minimum absolute atomic E-state index is 0. The summed E-state index contributed by atoms with van der Waals surface area (Å²) in [6.45, 7) is 4.54. The number of hydrogen-bond acceptors (Lipinski definition) is 4. The van der Waals surface area contributed by atoms with Crippen LogP contribution in [0.5, 0.6) is 0 Å². The molecule has 1 fully saturated rings. The highest BCUT2D eigenvalue weighted by Crippen LogP contribution is 2.43. The molecule has 0 amide bonds. The van der Waals surface area contributed by atoms with E-state index in [0.717, 1.165) is 38.3 Å². The zero-order chi connectivity index (χ0) is 15.8. The van der Waals surface area contributed by atoms with Crippen molar-refractivity contribution in [1.29, 1.82) is 0 Å². The van der Waals surface area contributed by atoms with Crippen LogP contribution >= 0.6 is 49.0 Å². The maximum atomic E-state index is 6.12. The molecule has 0 aromatic heterocycles. The molecule has 2 heterocycles. The van der Waals surface area contributed by atoms with Gasteiger partial charge in [-0.15, -0.1) is 37.2 Å². The Morgan fingerprint density at radius 1 is 0.923 bits per heavy atom. The fraction of sp³-hybridized carbons (Fsp3) is 0.368. The lowest BCUT2D eigenvalue weighted by Crippen LogP contribution is -2.46. The predicted octanol–water partition coefficient (Wildman–Crippen LogP) is 4.53. The monoisotopic (exact) mass is 433 g/mol. The van der Waals surface area contributed by atoms with E-state index in [1.807, 2.05) is 17.8 Å². The maximum Gasteiger partial charge on any atom is 0.0401 e. The Bertz CT molecular complexity index is 721. The standard InChI is InChI=1S/C19H23N3S.3ClH/c1-21-8-10-22(11-9-21)17-12-14-4-2-3-5-18(14)23-19-7-6-15(20)13-16(17)19;;;/h2-7,13,17H,8-12,20H2,1H3;3*1H. The highest BCUT2D eigenvalue weighted by atomic mass is 35.5. The van der Waals surface area contributed by atoms with Crippen LogP contribution in [0.4, 0.5) is 5.69 Å². The molecule has 1 atom stereocenters. The number of benzene rings is 2. The number of nitrogens with two attached hydrogens (primary N) is 1. The first-order valence-corrected chi connectivity index (χ1v) is 9.10. The van der Waals surface area contributed by atoms with Crippen molar-refractivity contribution in [2.24, 2.45) is 0 Å². The molecule has 2 aliphatic rings. The van der Waals surface area contributed by atoms with E-state index >= 15 is 0 Å². The van der Waals surface area contributed by atoms with Crippen molar-refractivity contribution < 1.29 is 0 Å². The molecule has 0 aliphatic carbocycles. The van der Waals surface area contributed by atoms with Crippen LogP contribution < -0.4 is 5.73 Å². The zero-order valence-corrected chi connectivity index (χ0v) is 18.0. The molecule has 2 aromatic carbocycles. The van der Waals surface area contributed by atoms with E-state index in [1.165, 1.54) is 20.9 Å². The summed E-state index contributed by atoms with van der Waals surface area (Å²) in [5, 5.41) is 0. The average Bonchev–Trinajstić information content (AvgIpc) is 2.72. The SMILES string of the molecule is CN1CCN(C2Cc3ccccc3Sc3ccc(N)cc32)CC1.Cl.Cl.Cl. The number of fused-ring (bicyclic) bond motifs is 2. The number of hydrogen-bond donors (Lipinski definition) is 1. The van der Waals surface area contributed by atoms with Gasteiger partial charge in [-0.3, -0.25) is 4.90 Å². The van der Waals surface area contributed by atoms with Gasteiger partial charge in [0, 0.05) is 47.7 Å². The summed E-state index contributed by atoms with van der Waals surface area (Å²) >= 11 is 1.89. The molecule has 26 heavy (non-hydrogen) atoms. The van der Waals surface area contributed by atoms with Gasteiger partial charge in [0.2, 0.25) is 0 Å². The van der Waals surface area contributed by atoms with Crippen molar-refractivity contribution in [2.45, 2.75) is 22.3 Å². The summed E-state index contributed by atoms with van der Waals surface area (Å²) in [6.07, 6.45) is 1.07. The minimum atomic E-state index is 0. The van der Waals surface area contributed by atoms with Crippen LogP contribution in [0.25, 0.3) is 0 Å². The first kappa shape index (κ1) is 23.4. The van der Waals surface area contributed by atoms with Crippen molar-refractivity contribution in [2.75, 3.05) is 39.0 Å². The predicted molar refractivity (Wildman–Crippen MR) is 119 cm³/mol. The molecule has 2 aliphatic heterocycles. The van der Waals surface area contributed by atoms with Gasteiger partial charge < -0.3 is 10.6 Å². The van der Waals surface area contributed by atoms with Crippen molar-refractivity contribution in [3.05, 3.63) is 53.6 Å². The first-order valence-electron chi connectivity index (χ1n) is 8.28. The largest absolute Gasteiger partial charge is 0.399 e. The third-order valence-electron chi connectivity index (χ3n) is 4.98. The number of piperazine rings is 1. The number of nitrogen functional groups attached to an aromatic ring is 1. The van der Waals surface area contributed by atoms with Crippen LogP contribution in [-0.2, 0) is 6.42 Å². The summed E-state index contributed by atoms with van der Waals surface area (Å²) in [6, 6.07) is 15.7. The molecule has 0 bridgehead atoms. The first-order chi connectivity index (χ1) is 11.2. The van der Waals surface area contributed by atoms with Gasteiger partial charge in [0.05, 0.1) is 0 Å². The smallest absolute Gasteiger partial charge is 0.0401 e. The minimum Gasteiger partial charge on any atom is -0.399 e. The van der Waals surface area contributed by atoms with Gasteiger partial charge in [-0.05, 0) is 48.9 Å². The molecular weight excluding hydrogens is 409 g/mol. The summed E-state index contributed by atoms with van der Waals surface area (Å²) in [5.41, 5.74) is 9.84. The number of rotatable bonds is 1. The zero-order valence-electron chi connectivity index (χ0n) is 14.8. The normalized spacial score (nSPS) is 19.7. The average molecular weight is 435 g/mol. The van der Waals surface area contributed by atoms with E-state index in [9.17, 15) is 0 Å². The quantitative estimate of drug-likeness (QED) is 0.668. The summed E-state index contributed by atoms with van der Waals surface area (Å²) in [5.74, 6) is 0. The van der Waals surface area contributed by atoms with Gasteiger partial charge in [-0.2, -0.15) is 0 Å². The maximum absolute atomic E-state index is 6.12. The van der Waals surface area contributed by atoms with Gasteiger partial charge in [-0.25, -0.2) is 0 Å². The molecule has 144 valence electrons. The molecule has 1 unspecified atom stereocenters. The molecule has 0 radical (unpaired) electrons. The Labute approximate surface area is 178 Å². The lowest BCUT2D eigenvalue weighted by atomic mass is 9.96. The van der Waals surface area contributed by atoms with E-state index in [0.29, 0.717) is 6.04 Å². The number of nitrogens with zero attached hydrogens (tertiary/aromatic N) is 2. The van der Waals surface area contributed by atoms with Crippen LogP contribution in [0.3, 0.4) is 0 Å². The van der Waals surface area contributed by atoms with Crippen LogP contribution in [0.15, 0.2) is 52.3 Å². The van der Waals surface area contributed by atoms with Crippen LogP contribution in [-0.4, -0.2) is 43.0 Å². The number of likely N-dealkylation sites (N-methyl/N-ethyl adjacent to an activating group) is 1. The van der Waals surface area contributed by atoms with E-state index in [1.54, 1.807) is 0 Å². The molecule has 1 saturated heterocycles. The van der Waals surface area contributed by atoms with Crippen LogP contribution in [0.2, 0.25) is 0 Å². The number of halogens is 3. The third kappa shape index (κ3) is 4.80. The van der Waals surface area contributed by atoms with E-state index in [4.69, 9.17) is 5.73 Å². The fourth-order valence-electron chi connectivity index (χ4n) is 3.59. The number of anilines is 1. The lowest BCUT2D eigenvalue weighted by molar-refractivity contribution is 0.110. The second kappa shape index (κ2) is 10.1. The highest BCUT2D eigenvalue weighted by Gasteiger charge is 2.29. The second-order valence-electron chi connectivity index (χ2n) is 6.57. The summed E-state index contributed by atoms with van der Waals surface area (Å²) in [7, 11) is 2.21. The molecule has 2 aromatic rings. The van der Waals surface area contributed by atoms with Crippen molar-refractivity contribution in [1.82, 2.24) is 9.80 Å². The van der Waals surface area contributed by atoms with Crippen LogP contribution in [0, 0.1) is 0 Å². The molecule has 3 nitrogen and oxygen atoms in total. The van der Waals surface area contributed by atoms with Gasteiger partial charge >= 0.3 is 0 Å². The Morgan fingerprint density at radius 2 is 1.62 bits per heavy atom. The fourth-order valence-corrected chi connectivity index (χ4v) is 4.70. The van der Waals surface area contributed by atoms with E-state index in [-0.39, 0.29) is 37.2 Å². The van der Waals surface area contributed by atoms with Gasteiger partial charge in [0.1, 0.15) is 0 Å². The van der Waals surface area contributed by atoms with Crippen molar-refractivity contribution >= 4 is 54.7 Å². The molecule has 2 N–H and O–H groups in total. The molecule has 0 spiro atoms. The molecular formula is C19H26Cl3N3S. The molecule has 7 heteroatoms. The third-order valence-corrected chi connectivity index (χ3v) is 6.19. The van der Waals surface area contributed by atoms with Gasteiger partial charge in [-0.1, -0.05) is 30.0 Å². The Hall–Kier alpha value is -0.620. The van der Waals surface area contributed by atoms with Crippen LogP contribution in [0.1, 0.15) is 17.2 Å². The van der Waals surface area contributed by atoms with Gasteiger partial charge in [0.15, 0.2) is 0 Å². The second-order valence-corrected chi connectivity index (χ2v) is 7.65. The topological polar surface area (TPSA) is 32.5 Å². The van der Waals surface area contributed by atoms with E-state index in [2.05, 4.69) is 53.2 Å². The summed E-state index contributed by atoms with van der Waals surface area (Å²) in [4.78, 5) is 7.79. The lowest BCUT2D eigenvalue weighted by Gasteiger charge is -2.38. The Kier molecular flexibility index (Phi) is 9.07. The molecule has 0 saturated carbocycles. The highest BCUT2D eigenvalue weighted by molar-refractivity contribution is 7.99. The molecule has 4 rings (SSSR count). The Balaban J connectivity index is 0.00000113. The summed E-state index contributed by atoms with van der Waals surface area (Å²) < 4.78 is 0. The van der Waals surface area contributed by atoms with Crippen molar-refractivity contribution in [3.8, 4) is 0 Å². The van der Waals surface area contributed by atoms with Crippen molar-refractivity contribution in [3.63, 3.8) is 0 Å². The van der Waals surface area contributed by atoms with Gasteiger partial charge in [0.25, 0.3) is 0 Å². The van der Waals surface area contributed by atoms with E-state index < -0.39 is 0 Å². The Morgan fingerprint density at radius 3 is 2.35 bits per heavy atom.